The normalized spacial score (nSPS) is 15.3. The van der Waals surface area contributed by atoms with Crippen LogP contribution in [0.3, 0.4) is 0 Å². The predicted molar refractivity (Wildman–Crippen MR) is 56.2 cm³/mol. The number of hydrogen-bond donors (Lipinski definition) is 3. The lowest BCUT2D eigenvalue weighted by molar-refractivity contribution is -0.126. The number of aliphatic hydroxyl groups excluding tert-OH is 1. The van der Waals surface area contributed by atoms with Crippen LogP contribution in [0.4, 0.5) is 0 Å². The van der Waals surface area contributed by atoms with E-state index >= 15 is 0 Å². The maximum Gasteiger partial charge on any atom is 0.237 e. The molecule has 0 bridgehead atoms. The molecule has 0 heterocycles. The van der Waals surface area contributed by atoms with Crippen molar-refractivity contribution >= 4 is 5.91 Å². The highest BCUT2D eigenvalue weighted by Gasteiger charge is 2.19. The Morgan fingerprint density at radius 1 is 1.36 bits per heavy atom. The molecule has 0 aromatic rings. The fourth-order valence-corrected chi connectivity index (χ4v) is 1.42. The van der Waals surface area contributed by atoms with Crippen molar-refractivity contribution in [3.8, 4) is 0 Å². The van der Waals surface area contributed by atoms with Gasteiger partial charge in [-0.2, -0.15) is 0 Å². The zero-order valence-corrected chi connectivity index (χ0v) is 9.29. The van der Waals surface area contributed by atoms with Gasteiger partial charge in [0.15, 0.2) is 0 Å². The summed E-state index contributed by atoms with van der Waals surface area (Å²) < 4.78 is 0. The first-order valence-corrected chi connectivity index (χ1v) is 5.15. The monoisotopic (exact) mass is 202 g/mol. The fraction of sp³-hybridized carbons (Fsp3) is 0.900. The Hall–Kier alpha value is -0.610. The Morgan fingerprint density at radius 2 is 1.93 bits per heavy atom. The van der Waals surface area contributed by atoms with Gasteiger partial charge in [-0.3, -0.25) is 10.2 Å². The molecule has 0 aromatic carbocycles. The van der Waals surface area contributed by atoms with E-state index in [2.05, 4.69) is 19.3 Å². The van der Waals surface area contributed by atoms with Gasteiger partial charge in [-0.05, 0) is 25.7 Å². The first kappa shape index (κ1) is 13.4. The Bertz CT molecular complexity index is 170. The van der Waals surface area contributed by atoms with E-state index in [0.717, 1.165) is 12.8 Å². The fourth-order valence-electron chi connectivity index (χ4n) is 1.42. The number of nitrogens with one attached hydrogen (secondary N) is 1. The lowest BCUT2D eigenvalue weighted by Gasteiger charge is -2.17. The molecule has 0 fully saturated rings. The van der Waals surface area contributed by atoms with Gasteiger partial charge in [0.2, 0.25) is 5.91 Å². The van der Waals surface area contributed by atoms with Gasteiger partial charge < -0.3 is 5.11 Å². The van der Waals surface area contributed by atoms with Gasteiger partial charge in [-0.15, -0.1) is 0 Å². The molecule has 0 saturated heterocycles. The summed E-state index contributed by atoms with van der Waals surface area (Å²) in [5.41, 5.74) is 2.14. The Kier molecular flexibility index (Phi) is 6.49. The van der Waals surface area contributed by atoms with Crippen LogP contribution in [0.5, 0.6) is 0 Å². The molecule has 0 aliphatic rings. The van der Waals surface area contributed by atoms with Crippen LogP contribution in [-0.4, -0.2) is 17.1 Å². The minimum atomic E-state index is -0.454. The molecule has 4 nitrogen and oxygen atoms in total. The lowest BCUT2D eigenvalue weighted by atomic mass is 9.92. The number of carbonyl (C=O) groups is 1. The quantitative estimate of drug-likeness (QED) is 0.339. The number of hydrazine groups is 1. The van der Waals surface area contributed by atoms with Crippen LogP contribution < -0.4 is 11.3 Å². The van der Waals surface area contributed by atoms with Crippen LogP contribution in [0.15, 0.2) is 0 Å². The predicted octanol–water partition coefficient (Wildman–Crippen LogP) is 0.800. The van der Waals surface area contributed by atoms with Gasteiger partial charge in [0.05, 0.1) is 6.10 Å². The largest absolute Gasteiger partial charge is 0.393 e. The van der Waals surface area contributed by atoms with Crippen molar-refractivity contribution in [3.63, 3.8) is 0 Å². The summed E-state index contributed by atoms with van der Waals surface area (Å²) in [6.07, 6.45) is 1.79. The molecule has 0 aromatic heterocycles. The topological polar surface area (TPSA) is 75.3 Å². The molecule has 14 heavy (non-hydrogen) atoms. The Balaban J connectivity index is 4.04. The van der Waals surface area contributed by atoms with E-state index in [1.54, 1.807) is 6.92 Å². The number of nitrogens with two attached hydrogens (primary N) is 1. The molecule has 0 aliphatic carbocycles. The smallest absolute Gasteiger partial charge is 0.237 e. The van der Waals surface area contributed by atoms with Crippen LogP contribution in [0.1, 0.15) is 40.0 Å². The first-order valence-electron chi connectivity index (χ1n) is 5.15. The number of hydrogen-bond acceptors (Lipinski definition) is 3. The molecular formula is C10H22N2O2. The second-order valence-electron chi connectivity index (χ2n) is 4.26. The molecule has 0 saturated carbocycles. The maximum atomic E-state index is 11.3. The van der Waals surface area contributed by atoms with Gasteiger partial charge in [0.25, 0.3) is 0 Å². The summed E-state index contributed by atoms with van der Waals surface area (Å²) in [5.74, 6) is 5.30. The van der Waals surface area contributed by atoms with Crippen molar-refractivity contribution in [2.24, 2.45) is 17.7 Å². The van der Waals surface area contributed by atoms with Gasteiger partial charge >= 0.3 is 0 Å². The highest BCUT2D eigenvalue weighted by Crippen LogP contribution is 2.17. The summed E-state index contributed by atoms with van der Waals surface area (Å²) in [5, 5.41) is 9.21. The Labute approximate surface area is 85.8 Å². The van der Waals surface area contributed by atoms with E-state index in [1.165, 1.54) is 0 Å². The van der Waals surface area contributed by atoms with E-state index in [4.69, 9.17) is 5.84 Å². The number of amides is 1. The third-order valence-electron chi connectivity index (χ3n) is 2.23. The highest BCUT2D eigenvalue weighted by atomic mass is 16.3. The van der Waals surface area contributed by atoms with Crippen LogP contribution in [0.25, 0.3) is 0 Å². The SMILES string of the molecule is CC(C)CCC(CC(C)O)C(=O)NN. The summed E-state index contributed by atoms with van der Waals surface area (Å²) in [7, 11) is 0. The van der Waals surface area contributed by atoms with Crippen LogP contribution >= 0.6 is 0 Å². The van der Waals surface area contributed by atoms with Crippen molar-refractivity contribution in [2.45, 2.75) is 46.1 Å². The van der Waals surface area contributed by atoms with E-state index in [0.29, 0.717) is 12.3 Å². The van der Waals surface area contributed by atoms with Crippen LogP contribution in [0.2, 0.25) is 0 Å². The van der Waals surface area contributed by atoms with E-state index < -0.39 is 6.10 Å². The molecule has 84 valence electrons. The lowest BCUT2D eigenvalue weighted by Crippen LogP contribution is -2.37. The number of carbonyl (C=O) groups excluding carboxylic acids is 1. The minimum Gasteiger partial charge on any atom is -0.393 e. The van der Waals surface area contributed by atoms with E-state index in [1.807, 2.05) is 0 Å². The van der Waals surface area contributed by atoms with Gasteiger partial charge in [0.1, 0.15) is 0 Å². The maximum absolute atomic E-state index is 11.3. The third kappa shape index (κ3) is 5.94. The number of rotatable bonds is 6. The molecule has 2 atom stereocenters. The summed E-state index contributed by atoms with van der Waals surface area (Å²) in [6.45, 7) is 5.91. The standard InChI is InChI=1S/C10H22N2O2/c1-7(2)4-5-9(6-8(3)13)10(14)12-11/h7-9,13H,4-6,11H2,1-3H3,(H,12,14). The molecule has 2 unspecified atom stereocenters. The number of aliphatic hydroxyl groups is 1. The molecule has 1 amide bonds. The van der Waals surface area contributed by atoms with Gasteiger partial charge in [-0.25, -0.2) is 5.84 Å². The third-order valence-corrected chi connectivity index (χ3v) is 2.23. The molecule has 4 N–H and O–H groups in total. The molecule has 0 spiro atoms. The molecule has 0 rings (SSSR count). The summed E-state index contributed by atoms with van der Waals surface area (Å²) >= 11 is 0. The van der Waals surface area contributed by atoms with Gasteiger partial charge in [0, 0.05) is 5.92 Å². The second-order valence-corrected chi connectivity index (χ2v) is 4.26. The van der Waals surface area contributed by atoms with Gasteiger partial charge in [-0.1, -0.05) is 20.3 Å². The highest BCUT2D eigenvalue weighted by molar-refractivity contribution is 5.77. The zero-order chi connectivity index (χ0) is 11.1. The minimum absolute atomic E-state index is 0.164. The molecule has 0 radical (unpaired) electrons. The van der Waals surface area contributed by atoms with Crippen molar-refractivity contribution in [3.05, 3.63) is 0 Å². The molecular weight excluding hydrogens is 180 g/mol. The Morgan fingerprint density at radius 3 is 2.29 bits per heavy atom. The first-order chi connectivity index (χ1) is 6.47. The average Bonchev–Trinajstić information content (AvgIpc) is 2.10. The van der Waals surface area contributed by atoms with Crippen molar-refractivity contribution in [2.75, 3.05) is 0 Å². The van der Waals surface area contributed by atoms with E-state index in [9.17, 15) is 9.90 Å². The zero-order valence-electron chi connectivity index (χ0n) is 9.29. The van der Waals surface area contributed by atoms with Crippen LogP contribution in [0, 0.1) is 11.8 Å². The van der Waals surface area contributed by atoms with Crippen molar-refractivity contribution in [1.29, 1.82) is 0 Å². The summed E-state index contributed by atoms with van der Waals surface area (Å²) in [6, 6.07) is 0. The second kappa shape index (κ2) is 6.79. The summed E-state index contributed by atoms with van der Waals surface area (Å²) in [4.78, 5) is 11.3. The van der Waals surface area contributed by atoms with E-state index in [-0.39, 0.29) is 11.8 Å². The van der Waals surface area contributed by atoms with Crippen molar-refractivity contribution < 1.29 is 9.90 Å². The average molecular weight is 202 g/mol. The van der Waals surface area contributed by atoms with Crippen molar-refractivity contribution in [1.82, 2.24) is 5.43 Å². The molecule has 4 heteroatoms. The van der Waals surface area contributed by atoms with Crippen LogP contribution in [-0.2, 0) is 4.79 Å². The molecule has 0 aliphatic heterocycles.